The average Bonchev–Trinajstić information content (AvgIpc) is 2.89. The van der Waals surface area contributed by atoms with E-state index in [1.807, 2.05) is 92.7 Å². The number of carbonyl (C=O) groups is 2. The normalized spacial score (nSPS) is 11.6. The molecule has 6 heteroatoms. The Morgan fingerprint density at radius 2 is 1.46 bits per heavy atom. The number of benzene rings is 3. The van der Waals surface area contributed by atoms with E-state index in [1.165, 1.54) is 0 Å². The molecule has 0 saturated carbocycles. The fraction of sp³-hybridized carbons (Fsp3) is 0.310. The minimum atomic E-state index is -0.739. The Bertz CT molecular complexity index is 1100. The van der Waals surface area contributed by atoms with Gasteiger partial charge in [0, 0.05) is 19.0 Å². The minimum absolute atomic E-state index is 0.0715. The van der Waals surface area contributed by atoms with Gasteiger partial charge in [0.1, 0.15) is 6.04 Å². The molecular weight excluding hydrogens is 440 g/mol. The maximum absolute atomic E-state index is 13.6. The number of nitrogens with zero attached hydrogens (tertiary/aromatic N) is 1. The third kappa shape index (κ3) is 6.85. The average molecular weight is 475 g/mol. The van der Waals surface area contributed by atoms with Gasteiger partial charge in [0.15, 0.2) is 11.5 Å². The predicted octanol–water partition coefficient (Wildman–Crippen LogP) is 4.79. The maximum Gasteiger partial charge on any atom is 0.247 e. The maximum atomic E-state index is 13.6. The van der Waals surface area contributed by atoms with Crippen LogP contribution in [0.4, 0.5) is 0 Å². The summed E-state index contributed by atoms with van der Waals surface area (Å²) in [5.74, 6) is 0.784. The molecule has 0 saturated heterocycles. The summed E-state index contributed by atoms with van der Waals surface area (Å²) in [7, 11) is 3.20. The Morgan fingerprint density at radius 1 is 0.829 bits per heavy atom. The van der Waals surface area contributed by atoms with E-state index in [-0.39, 0.29) is 17.7 Å². The standard InChI is InChI=1S/C29H34N2O4/c1-21(2)29(33)31(20-23-11-7-5-8-12-23)27(24-13-9-6-10-14-24)28(32)30-18-17-22-15-16-25(34-3)26(19-22)35-4/h5-16,19,21,27H,17-18,20H2,1-4H3,(H,30,32)/t27-/m1/s1. The minimum Gasteiger partial charge on any atom is -0.493 e. The second-order valence-electron chi connectivity index (χ2n) is 8.65. The number of amides is 2. The summed E-state index contributed by atoms with van der Waals surface area (Å²) in [6, 6.07) is 24.2. The van der Waals surface area contributed by atoms with Crippen molar-refractivity contribution in [1.82, 2.24) is 10.2 Å². The lowest BCUT2D eigenvalue weighted by atomic mass is 10.0. The van der Waals surface area contributed by atoms with Crippen molar-refractivity contribution < 1.29 is 19.1 Å². The first-order chi connectivity index (χ1) is 16.9. The van der Waals surface area contributed by atoms with E-state index in [0.29, 0.717) is 31.0 Å². The topological polar surface area (TPSA) is 67.9 Å². The third-order valence-corrected chi connectivity index (χ3v) is 5.81. The molecule has 184 valence electrons. The van der Waals surface area contributed by atoms with Crippen molar-refractivity contribution in [2.24, 2.45) is 5.92 Å². The van der Waals surface area contributed by atoms with Crippen LogP contribution in [0.25, 0.3) is 0 Å². The molecule has 0 spiro atoms. The highest BCUT2D eigenvalue weighted by Crippen LogP contribution is 2.28. The second-order valence-corrected chi connectivity index (χ2v) is 8.65. The van der Waals surface area contributed by atoms with Gasteiger partial charge in [-0.25, -0.2) is 0 Å². The van der Waals surface area contributed by atoms with Crippen LogP contribution in [0, 0.1) is 5.92 Å². The van der Waals surface area contributed by atoms with Crippen LogP contribution < -0.4 is 14.8 Å². The first kappa shape index (κ1) is 25.8. The van der Waals surface area contributed by atoms with E-state index in [4.69, 9.17) is 9.47 Å². The quantitative estimate of drug-likeness (QED) is 0.434. The molecule has 3 aromatic carbocycles. The SMILES string of the molecule is COc1ccc(CCNC(=O)[C@@H](c2ccccc2)N(Cc2ccccc2)C(=O)C(C)C)cc1OC. The molecule has 0 aliphatic carbocycles. The monoisotopic (exact) mass is 474 g/mol. The summed E-state index contributed by atoms with van der Waals surface area (Å²) in [5, 5.41) is 3.05. The molecule has 0 aromatic heterocycles. The summed E-state index contributed by atoms with van der Waals surface area (Å²) in [6.45, 7) is 4.49. The molecule has 1 N–H and O–H groups in total. The molecule has 3 rings (SSSR count). The molecule has 0 bridgehead atoms. The smallest absolute Gasteiger partial charge is 0.247 e. The van der Waals surface area contributed by atoms with E-state index in [9.17, 15) is 9.59 Å². The Kier molecular flexibility index (Phi) is 9.30. The number of hydrogen-bond acceptors (Lipinski definition) is 4. The van der Waals surface area contributed by atoms with Crippen LogP contribution in [0.1, 0.15) is 36.6 Å². The summed E-state index contributed by atoms with van der Waals surface area (Å²) in [6.07, 6.45) is 0.615. The van der Waals surface area contributed by atoms with Crippen LogP contribution in [-0.2, 0) is 22.6 Å². The summed E-state index contributed by atoms with van der Waals surface area (Å²) >= 11 is 0. The van der Waals surface area contributed by atoms with Crippen molar-refractivity contribution in [3.05, 3.63) is 95.6 Å². The molecule has 3 aromatic rings. The van der Waals surface area contributed by atoms with Crippen LogP contribution in [-0.4, -0.2) is 37.5 Å². The highest BCUT2D eigenvalue weighted by Gasteiger charge is 2.32. The van der Waals surface area contributed by atoms with Crippen molar-refractivity contribution in [2.45, 2.75) is 32.9 Å². The van der Waals surface area contributed by atoms with Crippen molar-refractivity contribution >= 4 is 11.8 Å². The van der Waals surface area contributed by atoms with Gasteiger partial charge in [0.05, 0.1) is 14.2 Å². The van der Waals surface area contributed by atoms with E-state index >= 15 is 0 Å². The van der Waals surface area contributed by atoms with Gasteiger partial charge in [-0.2, -0.15) is 0 Å². The number of rotatable bonds is 11. The van der Waals surface area contributed by atoms with E-state index in [2.05, 4.69) is 5.32 Å². The molecule has 6 nitrogen and oxygen atoms in total. The number of methoxy groups -OCH3 is 2. The van der Waals surface area contributed by atoms with E-state index in [1.54, 1.807) is 19.1 Å². The van der Waals surface area contributed by atoms with E-state index < -0.39 is 6.04 Å². The molecule has 0 heterocycles. The lowest BCUT2D eigenvalue weighted by molar-refractivity contribution is -0.144. The molecule has 0 unspecified atom stereocenters. The van der Waals surface area contributed by atoms with Gasteiger partial charge in [-0.05, 0) is 35.2 Å². The van der Waals surface area contributed by atoms with Crippen LogP contribution in [0.15, 0.2) is 78.9 Å². The number of carbonyl (C=O) groups excluding carboxylic acids is 2. The van der Waals surface area contributed by atoms with Gasteiger partial charge in [0.2, 0.25) is 11.8 Å². The van der Waals surface area contributed by atoms with E-state index in [0.717, 1.165) is 16.7 Å². The highest BCUT2D eigenvalue weighted by molar-refractivity contribution is 5.89. The van der Waals surface area contributed by atoms with Crippen LogP contribution in [0.5, 0.6) is 11.5 Å². The number of ether oxygens (including phenoxy) is 2. The van der Waals surface area contributed by atoms with Gasteiger partial charge in [-0.15, -0.1) is 0 Å². The van der Waals surface area contributed by atoms with Crippen molar-refractivity contribution in [1.29, 1.82) is 0 Å². The Morgan fingerprint density at radius 3 is 2.06 bits per heavy atom. The molecule has 1 atom stereocenters. The molecule has 0 aliphatic rings. The van der Waals surface area contributed by atoms with Gasteiger partial charge in [-0.3, -0.25) is 9.59 Å². The Labute approximate surface area is 207 Å². The fourth-order valence-electron chi connectivity index (χ4n) is 3.98. The zero-order valence-electron chi connectivity index (χ0n) is 20.9. The summed E-state index contributed by atoms with van der Waals surface area (Å²) in [5.41, 5.74) is 2.76. The van der Waals surface area contributed by atoms with Gasteiger partial charge in [0.25, 0.3) is 0 Å². The van der Waals surface area contributed by atoms with Crippen LogP contribution >= 0.6 is 0 Å². The molecule has 2 amide bonds. The Balaban J connectivity index is 1.82. The van der Waals surface area contributed by atoms with Crippen molar-refractivity contribution in [3.63, 3.8) is 0 Å². The van der Waals surface area contributed by atoms with Crippen LogP contribution in [0.3, 0.4) is 0 Å². The lowest BCUT2D eigenvalue weighted by Gasteiger charge is -2.33. The van der Waals surface area contributed by atoms with Gasteiger partial charge < -0.3 is 19.7 Å². The number of nitrogens with one attached hydrogen (secondary N) is 1. The fourth-order valence-corrected chi connectivity index (χ4v) is 3.98. The molecule has 0 radical (unpaired) electrons. The van der Waals surface area contributed by atoms with Crippen molar-refractivity contribution in [3.8, 4) is 11.5 Å². The van der Waals surface area contributed by atoms with Crippen LogP contribution in [0.2, 0.25) is 0 Å². The largest absolute Gasteiger partial charge is 0.493 e. The summed E-state index contributed by atoms with van der Waals surface area (Å²) in [4.78, 5) is 28.6. The third-order valence-electron chi connectivity index (χ3n) is 5.81. The number of hydrogen-bond donors (Lipinski definition) is 1. The highest BCUT2D eigenvalue weighted by atomic mass is 16.5. The van der Waals surface area contributed by atoms with Crippen molar-refractivity contribution in [2.75, 3.05) is 20.8 Å². The molecule has 35 heavy (non-hydrogen) atoms. The summed E-state index contributed by atoms with van der Waals surface area (Å²) < 4.78 is 10.7. The predicted molar refractivity (Wildman–Crippen MR) is 137 cm³/mol. The molecule has 0 aliphatic heterocycles. The van der Waals surface area contributed by atoms with Gasteiger partial charge >= 0.3 is 0 Å². The lowest BCUT2D eigenvalue weighted by Crippen LogP contribution is -2.45. The molecular formula is C29H34N2O4. The second kappa shape index (κ2) is 12.6. The first-order valence-corrected chi connectivity index (χ1v) is 11.8. The zero-order chi connectivity index (χ0) is 25.2. The zero-order valence-corrected chi connectivity index (χ0v) is 20.9. The molecule has 0 fully saturated rings. The Hall–Kier alpha value is -3.80. The first-order valence-electron chi connectivity index (χ1n) is 11.8. The van der Waals surface area contributed by atoms with Gasteiger partial charge in [-0.1, -0.05) is 80.6 Å².